The lowest BCUT2D eigenvalue weighted by Crippen LogP contribution is -2.46. The van der Waals surface area contributed by atoms with Crippen molar-refractivity contribution in [1.29, 1.82) is 0 Å². The Morgan fingerprint density at radius 3 is 2.17 bits per heavy atom. The highest BCUT2D eigenvalue weighted by Crippen LogP contribution is 2.10. The van der Waals surface area contributed by atoms with Crippen molar-refractivity contribution in [2.75, 3.05) is 40.8 Å². The van der Waals surface area contributed by atoms with Crippen LogP contribution in [0.2, 0.25) is 0 Å². The van der Waals surface area contributed by atoms with Gasteiger partial charge in [0.05, 0.1) is 6.10 Å². The summed E-state index contributed by atoms with van der Waals surface area (Å²) in [6.45, 7) is 13.6. The van der Waals surface area contributed by atoms with Crippen molar-refractivity contribution in [3.8, 4) is 0 Å². The van der Waals surface area contributed by atoms with Crippen LogP contribution in [0, 0.1) is 11.8 Å². The molecule has 5 nitrogen and oxygen atoms in total. The molecule has 0 aromatic rings. The van der Waals surface area contributed by atoms with E-state index in [0.717, 1.165) is 32.1 Å². The molecule has 0 amide bonds. The fourth-order valence-electron chi connectivity index (χ4n) is 2.61. The van der Waals surface area contributed by atoms with Gasteiger partial charge >= 0.3 is 0 Å². The molecule has 2 unspecified atom stereocenters. The van der Waals surface area contributed by atoms with Gasteiger partial charge in [-0.2, -0.15) is 0 Å². The van der Waals surface area contributed by atoms with Crippen LogP contribution in [0.25, 0.3) is 0 Å². The van der Waals surface area contributed by atoms with Gasteiger partial charge in [0.1, 0.15) is 0 Å². The second-order valence-electron chi connectivity index (χ2n) is 7.15. The molecule has 0 fully saturated rings. The van der Waals surface area contributed by atoms with E-state index in [1.807, 2.05) is 7.05 Å². The van der Waals surface area contributed by atoms with E-state index >= 15 is 0 Å². The number of hydrogen-bond acceptors (Lipinski definition) is 3. The summed E-state index contributed by atoms with van der Waals surface area (Å²) in [5.74, 6) is 2.10. The van der Waals surface area contributed by atoms with Gasteiger partial charge < -0.3 is 20.3 Å². The normalized spacial score (nSPS) is 14.7. The van der Waals surface area contributed by atoms with Crippen LogP contribution in [0.15, 0.2) is 4.99 Å². The third-order valence-electron chi connectivity index (χ3n) is 4.05. The third-order valence-corrected chi connectivity index (χ3v) is 4.05. The number of hydrogen-bond donors (Lipinski definition) is 2. The molecule has 0 radical (unpaired) electrons. The molecule has 0 rings (SSSR count). The van der Waals surface area contributed by atoms with Gasteiger partial charge in [-0.1, -0.05) is 27.7 Å². The number of aliphatic imine (C=N–C) groups is 1. The SMILES string of the molecule is CCOC(CCNC(=NC)NCC(CC(C)C)N(C)C)C(C)C.I. The van der Waals surface area contributed by atoms with Crippen molar-refractivity contribution in [3.05, 3.63) is 0 Å². The van der Waals surface area contributed by atoms with Gasteiger partial charge in [0.2, 0.25) is 0 Å². The van der Waals surface area contributed by atoms with Crippen LogP contribution in [0.4, 0.5) is 0 Å². The first-order chi connectivity index (χ1) is 10.8. The van der Waals surface area contributed by atoms with Gasteiger partial charge in [0, 0.05) is 32.8 Å². The molecule has 0 saturated heterocycles. The van der Waals surface area contributed by atoms with Crippen LogP contribution in [-0.2, 0) is 4.74 Å². The average molecular weight is 456 g/mol. The zero-order chi connectivity index (χ0) is 17.8. The molecule has 0 spiro atoms. The molecule has 6 heteroatoms. The highest BCUT2D eigenvalue weighted by atomic mass is 127. The fourth-order valence-corrected chi connectivity index (χ4v) is 2.61. The lowest BCUT2D eigenvalue weighted by atomic mass is 10.0. The number of nitrogens with one attached hydrogen (secondary N) is 2. The van der Waals surface area contributed by atoms with Crippen molar-refractivity contribution in [3.63, 3.8) is 0 Å². The lowest BCUT2D eigenvalue weighted by molar-refractivity contribution is 0.0258. The van der Waals surface area contributed by atoms with E-state index in [2.05, 4.69) is 69.2 Å². The summed E-state index contributed by atoms with van der Waals surface area (Å²) in [7, 11) is 6.10. The van der Waals surface area contributed by atoms with E-state index in [0.29, 0.717) is 24.0 Å². The Morgan fingerprint density at radius 2 is 1.75 bits per heavy atom. The second kappa shape index (κ2) is 15.2. The molecule has 0 aliphatic carbocycles. The van der Waals surface area contributed by atoms with Crippen LogP contribution in [0.5, 0.6) is 0 Å². The summed E-state index contributed by atoms with van der Waals surface area (Å²) < 4.78 is 5.79. The summed E-state index contributed by atoms with van der Waals surface area (Å²) in [4.78, 5) is 6.60. The Bertz CT molecular complexity index is 322. The molecule has 2 N–H and O–H groups in total. The minimum absolute atomic E-state index is 0. The van der Waals surface area contributed by atoms with Gasteiger partial charge in [-0.15, -0.1) is 24.0 Å². The highest BCUT2D eigenvalue weighted by molar-refractivity contribution is 14.0. The number of halogens is 1. The largest absolute Gasteiger partial charge is 0.378 e. The molecule has 0 aliphatic heterocycles. The topological polar surface area (TPSA) is 48.9 Å². The maximum atomic E-state index is 5.79. The van der Waals surface area contributed by atoms with Gasteiger partial charge in [0.15, 0.2) is 5.96 Å². The maximum Gasteiger partial charge on any atom is 0.191 e. The van der Waals surface area contributed by atoms with Crippen LogP contribution in [0.1, 0.15) is 47.5 Å². The quantitative estimate of drug-likeness (QED) is 0.285. The van der Waals surface area contributed by atoms with Crippen LogP contribution >= 0.6 is 24.0 Å². The first kappa shape index (κ1) is 26.2. The molecule has 0 aromatic carbocycles. The van der Waals surface area contributed by atoms with Crippen LogP contribution in [0.3, 0.4) is 0 Å². The first-order valence-corrected chi connectivity index (χ1v) is 9.04. The highest BCUT2D eigenvalue weighted by Gasteiger charge is 2.15. The average Bonchev–Trinajstić information content (AvgIpc) is 2.47. The van der Waals surface area contributed by atoms with E-state index in [1.165, 1.54) is 6.42 Å². The lowest BCUT2D eigenvalue weighted by Gasteiger charge is -2.27. The van der Waals surface area contributed by atoms with Gasteiger partial charge in [-0.3, -0.25) is 4.99 Å². The number of ether oxygens (including phenoxy) is 1. The summed E-state index contributed by atoms with van der Waals surface area (Å²) >= 11 is 0. The molecule has 146 valence electrons. The first-order valence-electron chi connectivity index (χ1n) is 9.04. The maximum absolute atomic E-state index is 5.79. The van der Waals surface area contributed by atoms with Crippen molar-refractivity contribution >= 4 is 29.9 Å². The Morgan fingerprint density at radius 1 is 1.12 bits per heavy atom. The Balaban J connectivity index is 0. The van der Waals surface area contributed by atoms with Gasteiger partial charge in [-0.25, -0.2) is 0 Å². The molecular weight excluding hydrogens is 415 g/mol. The number of nitrogens with zero attached hydrogens (tertiary/aromatic N) is 2. The zero-order valence-corrected chi connectivity index (χ0v) is 19.4. The third kappa shape index (κ3) is 12.3. The van der Waals surface area contributed by atoms with Crippen LogP contribution < -0.4 is 10.6 Å². The Hall–Kier alpha value is -0.0800. The van der Waals surface area contributed by atoms with Gasteiger partial charge in [-0.05, 0) is 45.7 Å². The summed E-state index contributed by atoms with van der Waals surface area (Å²) in [5.41, 5.74) is 0. The van der Waals surface area contributed by atoms with Crippen molar-refractivity contribution < 1.29 is 4.74 Å². The van der Waals surface area contributed by atoms with E-state index in [4.69, 9.17) is 4.74 Å². The predicted octanol–water partition coefficient (Wildman–Crippen LogP) is 3.20. The molecule has 0 saturated carbocycles. The van der Waals surface area contributed by atoms with Crippen molar-refractivity contribution in [1.82, 2.24) is 15.5 Å². The summed E-state index contributed by atoms with van der Waals surface area (Å²) in [5, 5.41) is 6.85. The smallest absolute Gasteiger partial charge is 0.191 e. The Labute approximate surface area is 167 Å². The van der Waals surface area contributed by atoms with E-state index in [-0.39, 0.29) is 24.0 Å². The monoisotopic (exact) mass is 456 g/mol. The molecule has 24 heavy (non-hydrogen) atoms. The zero-order valence-electron chi connectivity index (χ0n) is 17.1. The molecule has 0 heterocycles. The van der Waals surface area contributed by atoms with E-state index in [9.17, 15) is 0 Å². The van der Waals surface area contributed by atoms with E-state index in [1.54, 1.807) is 0 Å². The summed E-state index contributed by atoms with van der Waals surface area (Å²) in [6.07, 6.45) is 2.48. The molecule has 0 aromatic heterocycles. The molecule has 0 bridgehead atoms. The molecule has 0 aliphatic rings. The number of rotatable bonds is 11. The number of likely N-dealkylation sites (N-methyl/N-ethyl adjacent to an activating group) is 1. The molecule has 2 atom stereocenters. The van der Waals surface area contributed by atoms with Crippen molar-refractivity contribution in [2.45, 2.75) is 59.6 Å². The fraction of sp³-hybridized carbons (Fsp3) is 0.944. The Kier molecular flexibility index (Phi) is 16.6. The standard InChI is InChI=1S/C18H40N4O.HI/c1-9-23-17(15(4)5)10-11-20-18(19-6)21-13-16(22(7)8)12-14(2)3;/h14-17H,9-13H2,1-8H3,(H2,19,20,21);1H. The number of guanidine groups is 1. The molecular formula is C18H41IN4O. The van der Waals surface area contributed by atoms with E-state index < -0.39 is 0 Å². The second-order valence-corrected chi connectivity index (χ2v) is 7.15. The summed E-state index contributed by atoms with van der Waals surface area (Å²) in [6, 6.07) is 0.514. The minimum atomic E-state index is 0. The predicted molar refractivity (Wildman–Crippen MR) is 117 cm³/mol. The minimum Gasteiger partial charge on any atom is -0.378 e. The van der Waals surface area contributed by atoms with Gasteiger partial charge in [0.25, 0.3) is 0 Å². The van der Waals surface area contributed by atoms with Crippen LogP contribution in [-0.4, -0.2) is 63.8 Å². The van der Waals surface area contributed by atoms with Crippen molar-refractivity contribution in [2.24, 2.45) is 16.8 Å².